The van der Waals surface area contributed by atoms with Gasteiger partial charge in [-0.25, -0.2) is 0 Å². The van der Waals surface area contributed by atoms with Crippen molar-refractivity contribution in [2.75, 3.05) is 0 Å². The van der Waals surface area contributed by atoms with Crippen molar-refractivity contribution >= 4 is 45.5 Å². The minimum atomic E-state index is -0.0740. The molecule has 0 amide bonds. The summed E-state index contributed by atoms with van der Waals surface area (Å²) in [4.78, 5) is 5.42. The van der Waals surface area contributed by atoms with Crippen LogP contribution < -0.4 is 0 Å². The molecule has 0 spiro atoms. The molecule has 9 rings (SSSR count). The molecule has 1 aromatic heterocycles. The number of hydrogen-bond acceptors (Lipinski definition) is 3. The van der Waals surface area contributed by atoms with Gasteiger partial charge in [0.05, 0.1) is 0 Å². The Bertz CT molecular complexity index is 2240. The van der Waals surface area contributed by atoms with Crippen LogP contribution in [0.2, 0.25) is 0 Å². The van der Waals surface area contributed by atoms with Gasteiger partial charge < -0.3 is 4.42 Å². The van der Waals surface area contributed by atoms with Crippen molar-refractivity contribution in [3.05, 3.63) is 132 Å². The van der Waals surface area contributed by atoms with Gasteiger partial charge in [-0.1, -0.05) is 116 Å². The molecule has 0 saturated carbocycles. The highest BCUT2D eigenvalue weighted by Crippen LogP contribution is 2.56. The van der Waals surface area contributed by atoms with Gasteiger partial charge in [-0.3, -0.25) is 0 Å². The zero-order valence-corrected chi connectivity index (χ0v) is 24.9. The average molecular weight is 575 g/mol. The van der Waals surface area contributed by atoms with Crippen LogP contribution in [0.5, 0.6) is 0 Å². The number of fused-ring (bicyclic) bond motifs is 8. The topological polar surface area (TPSA) is 13.1 Å². The summed E-state index contributed by atoms with van der Waals surface area (Å²) in [6.45, 7) is 4.75. The summed E-state index contributed by atoms with van der Waals surface area (Å²) < 4.78 is 6.37. The maximum atomic E-state index is 6.37. The van der Waals surface area contributed by atoms with Crippen molar-refractivity contribution in [1.29, 1.82) is 0 Å². The fraction of sp³-hybridized carbons (Fsp3) is 0.0769. The van der Waals surface area contributed by atoms with Crippen molar-refractivity contribution in [2.24, 2.45) is 0 Å². The van der Waals surface area contributed by atoms with Gasteiger partial charge in [-0.15, -0.1) is 0 Å². The predicted octanol–water partition coefficient (Wildman–Crippen LogP) is 11.8. The van der Waals surface area contributed by atoms with E-state index in [9.17, 15) is 0 Å². The van der Waals surface area contributed by atoms with Crippen LogP contribution in [0.1, 0.15) is 25.0 Å². The summed E-state index contributed by atoms with van der Waals surface area (Å²) in [6, 6.07) is 44.3. The van der Waals surface area contributed by atoms with E-state index in [4.69, 9.17) is 4.42 Å². The average Bonchev–Trinajstić information content (AvgIpc) is 3.51. The van der Waals surface area contributed by atoms with Gasteiger partial charge in [0.2, 0.25) is 0 Å². The first kappa shape index (κ1) is 24.4. The lowest BCUT2D eigenvalue weighted by atomic mass is 9.81. The number of furan rings is 1. The summed E-state index contributed by atoms with van der Waals surface area (Å²) in [5.74, 6) is 0. The molecule has 200 valence electrons. The highest BCUT2D eigenvalue weighted by Gasteiger charge is 2.37. The molecule has 1 aliphatic carbocycles. The van der Waals surface area contributed by atoms with Crippen LogP contribution in [0.25, 0.3) is 55.3 Å². The van der Waals surface area contributed by atoms with Crippen LogP contribution in [0.3, 0.4) is 0 Å². The minimum Gasteiger partial charge on any atom is -0.455 e. The van der Waals surface area contributed by atoms with Gasteiger partial charge in [-0.05, 0) is 81.4 Å². The summed E-state index contributed by atoms with van der Waals surface area (Å²) in [7, 11) is 0. The highest BCUT2D eigenvalue weighted by atomic mass is 32.2. The van der Waals surface area contributed by atoms with Crippen molar-refractivity contribution in [1.82, 2.24) is 0 Å². The minimum absolute atomic E-state index is 0.0740. The Labute approximate surface area is 253 Å². The number of hydrogen-bond donors (Lipinski definition) is 0. The Kier molecular flexibility index (Phi) is 5.18. The third-order valence-electron chi connectivity index (χ3n) is 8.94. The van der Waals surface area contributed by atoms with E-state index >= 15 is 0 Å². The summed E-state index contributed by atoms with van der Waals surface area (Å²) in [5.41, 5.74) is 12.1. The first-order valence-corrected chi connectivity index (χ1v) is 16.0. The highest BCUT2D eigenvalue weighted by molar-refractivity contribution is 8.05. The van der Waals surface area contributed by atoms with Crippen LogP contribution in [-0.2, 0) is 5.41 Å². The second-order valence-corrected chi connectivity index (χ2v) is 13.9. The molecule has 42 heavy (non-hydrogen) atoms. The Hall–Kier alpha value is -4.18. The van der Waals surface area contributed by atoms with Crippen LogP contribution in [0, 0.1) is 0 Å². The molecule has 0 radical (unpaired) electrons. The third kappa shape index (κ3) is 3.54. The van der Waals surface area contributed by atoms with E-state index in [2.05, 4.69) is 123 Å². The summed E-state index contributed by atoms with van der Waals surface area (Å²) >= 11 is 3.80. The first-order valence-electron chi connectivity index (χ1n) is 14.3. The molecule has 0 fully saturated rings. The summed E-state index contributed by atoms with van der Waals surface area (Å²) in [5, 5.41) is 2.32. The zero-order valence-electron chi connectivity index (χ0n) is 23.3. The van der Waals surface area contributed by atoms with Crippen molar-refractivity contribution < 1.29 is 4.42 Å². The molecule has 2 aliphatic rings. The van der Waals surface area contributed by atoms with E-state index in [0.717, 1.165) is 27.5 Å². The lowest BCUT2D eigenvalue weighted by molar-refractivity contribution is 0.658. The van der Waals surface area contributed by atoms with E-state index in [-0.39, 0.29) is 5.41 Å². The Morgan fingerprint density at radius 3 is 2.00 bits per heavy atom. The van der Waals surface area contributed by atoms with Crippen molar-refractivity contribution in [2.45, 2.75) is 38.8 Å². The van der Waals surface area contributed by atoms with E-state index in [1.165, 1.54) is 58.5 Å². The molecule has 0 bridgehead atoms. The molecule has 0 unspecified atom stereocenters. The lowest BCUT2D eigenvalue weighted by Gasteiger charge is -2.24. The molecule has 0 saturated heterocycles. The van der Waals surface area contributed by atoms with Gasteiger partial charge >= 0.3 is 0 Å². The second-order valence-electron chi connectivity index (χ2n) is 11.7. The Morgan fingerprint density at radius 2 is 1.14 bits per heavy atom. The molecule has 1 nitrogen and oxygen atoms in total. The normalized spacial score (nSPS) is 14.4. The molecule has 1 aliphatic heterocycles. The van der Waals surface area contributed by atoms with E-state index in [1.54, 1.807) is 0 Å². The van der Waals surface area contributed by atoms with Crippen LogP contribution in [0.15, 0.2) is 145 Å². The van der Waals surface area contributed by atoms with Gasteiger partial charge in [-0.2, -0.15) is 0 Å². The van der Waals surface area contributed by atoms with Crippen molar-refractivity contribution in [3.8, 4) is 33.4 Å². The largest absolute Gasteiger partial charge is 0.455 e. The molecule has 2 heterocycles. The molecule has 0 atom stereocenters. The first-order chi connectivity index (χ1) is 20.5. The maximum Gasteiger partial charge on any atom is 0.143 e. The van der Waals surface area contributed by atoms with Gasteiger partial charge in [0, 0.05) is 41.3 Å². The molecule has 6 aromatic carbocycles. The van der Waals surface area contributed by atoms with Crippen LogP contribution >= 0.6 is 23.5 Å². The number of benzene rings is 6. The quantitative estimate of drug-likeness (QED) is 0.204. The predicted molar refractivity (Wildman–Crippen MR) is 177 cm³/mol. The molecule has 0 N–H and O–H groups in total. The molecule has 3 heteroatoms. The third-order valence-corrected chi connectivity index (χ3v) is 11.5. The van der Waals surface area contributed by atoms with E-state index in [1.807, 2.05) is 35.7 Å². The van der Waals surface area contributed by atoms with Gasteiger partial charge in [0.1, 0.15) is 11.2 Å². The Morgan fingerprint density at radius 1 is 0.476 bits per heavy atom. The number of rotatable bonds is 2. The zero-order chi connectivity index (χ0) is 28.0. The standard InChI is InChI=1S/C39H26OS2/c1-39(2)31-20-24(17-18-27(31)30-21-36-37(22-32(30)39)42-35-16-6-5-15-34(35)41-36)23-9-7-10-25(19-23)26-12-8-13-29-28-11-3-4-14-33(28)40-38(26)29/h3-22H,1-2H3. The summed E-state index contributed by atoms with van der Waals surface area (Å²) in [6.07, 6.45) is 0. The SMILES string of the molecule is CC1(C)c2cc(-c3cccc(-c4cccc5c4oc4ccccc45)c3)ccc2-c2cc3c(cc21)Sc1ccccc1S3. The fourth-order valence-electron chi connectivity index (χ4n) is 6.78. The Balaban J connectivity index is 1.13. The smallest absolute Gasteiger partial charge is 0.143 e. The van der Waals surface area contributed by atoms with Crippen LogP contribution in [-0.4, -0.2) is 0 Å². The molecule has 7 aromatic rings. The van der Waals surface area contributed by atoms with E-state index < -0.39 is 0 Å². The fourth-order valence-corrected chi connectivity index (χ4v) is 9.05. The monoisotopic (exact) mass is 574 g/mol. The number of para-hydroxylation sites is 2. The lowest BCUT2D eigenvalue weighted by Crippen LogP contribution is -2.15. The van der Waals surface area contributed by atoms with Gasteiger partial charge in [0.25, 0.3) is 0 Å². The maximum absolute atomic E-state index is 6.37. The van der Waals surface area contributed by atoms with Gasteiger partial charge in [0.15, 0.2) is 0 Å². The van der Waals surface area contributed by atoms with Crippen LogP contribution in [0.4, 0.5) is 0 Å². The van der Waals surface area contributed by atoms with Crippen molar-refractivity contribution in [3.63, 3.8) is 0 Å². The second kappa shape index (κ2) is 8.91. The molecular formula is C39H26OS2. The molecular weight excluding hydrogens is 549 g/mol. The van der Waals surface area contributed by atoms with E-state index in [0.29, 0.717) is 0 Å².